The molecule has 0 radical (unpaired) electrons. The largest absolute Gasteiger partial charge is 0.493 e. The SMILES string of the molecule is Cc1oc(-c2ccccc2)nc1CCOc1cccc2c1CCC/C2=C/CC(=O)O. The fraction of sp³-hybridized carbons (Fsp3) is 0.280. The summed E-state index contributed by atoms with van der Waals surface area (Å²) >= 11 is 0. The van der Waals surface area contributed by atoms with Gasteiger partial charge in [0.05, 0.1) is 18.7 Å². The molecule has 0 amide bonds. The Morgan fingerprint density at radius 1 is 1.17 bits per heavy atom. The van der Waals surface area contributed by atoms with Gasteiger partial charge in [-0.25, -0.2) is 4.98 Å². The number of carbonyl (C=O) groups is 1. The van der Waals surface area contributed by atoms with Gasteiger partial charge in [0.15, 0.2) is 0 Å². The van der Waals surface area contributed by atoms with Crippen LogP contribution in [0.5, 0.6) is 5.75 Å². The van der Waals surface area contributed by atoms with Crippen LogP contribution in [0.15, 0.2) is 59.0 Å². The summed E-state index contributed by atoms with van der Waals surface area (Å²) in [4.78, 5) is 15.6. The first kappa shape index (κ1) is 20.0. The number of nitrogens with zero attached hydrogens (tertiary/aromatic N) is 1. The van der Waals surface area contributed by atoms with E-state index in [0.29, 0.717) is 18.9 Å². The number of aryl methyl sites for hydroxylation is 1. The average molecular weight is 403 g/mol. The number of carboxylic acids is 1. The normalized spacial score (nSPS) is 14.5. The Morgan fingerprint density at radius 3 is 2.80 bits per heavy atom. The molecule has 1 aliphatic carbocycles. The van der Waals surface area contributed by atoms with Gasteiger partial charge in [0.2, 0.25) is 5.89 Å². The molecule has 0 saturated carbocycles. The minimum absolute atomic E-state index is 0.0506. The molecule has 2 aromatic carbocycles. The van der Waals surface area contributed by atoms with Gasteiger partial charge in [-0.05, 0) is 55.5 Å². The standard InChI is InChI=1S/C25H25NO4/c1-17-22(26-25(30-17)19-7-3-2-4-8-19)15-16-29-23-12-6-10-20-18(13-14-24(27)28)9-5-11-21(20)23/h2-4,6-8,10,12-13H,5,9,11,14-16H2,1H3,(H,27,28)/b18-13-. The number of benzene rings is 2. The molecule has 0 fully saturated rings. The van der Waals surface area contributed by atoms with E-state index in [2.05, 4.69) is 11.1 Å². The molecule has 3 aromatic rings. The Hall–Kier alpha value is -3.34. The number of allylic oxidation sites excluding steroid dienone is 1. The Balaban J connectivity index is 1.45. The highest BCUT2D eigenvalue weighted by Crippen LogP contribution is 2.36. The zero-order valence-electron chi connectivity index (χ0n) is 17.1. The molecule has 5 nitrogen and oxygen atoms in total. The number of ether oxygens (including phenoxy) is 1. The highest BCUT2D eigenvalue weighted by molar-refractivity contribution is 5.77. The molecule has 0 bridgehead atoms. The van der Waals surface area contributed by atoms with Crippen molar-refractivity contribution in [3.05, 3.63) is 77.2 Å². The Kier molecular flexibility index (Phi) is 5.98. The van der Waals surface area contributed by atoms with Gasteiger partial charge in [0.1, 0.15) is 11.5 Å². The van der Waals surface area contributed by atoms with Crippen LogP contribution >= 0.6 is 0 Å². The first-order valence-electron chi connectivity index (χ1n) is 10.3. The number of oxazole rings is 1. The molecule has 5 heteroatoms. The molecule has 4 rings (SSSR count). The average Bonchev–Trinajstić information content (AvgIpc) is 3.13. The maximum absolute atomic E-state index is 10.9. The third kappa shape index (κ3) is 4.46. The molecule has 1 aromatic heterocycles. The van der Waals surface area contributed by atoms with Crippen LogP contribution in [-0.2, 0) is 17.6 Å². The van der Waals surface area contributed by atoms with E-state index in [0.717, 1.165) is 53.2 Å². The maximum Gasteiger partial charge on any atom is 0.307 e. The second-order valence-electron chi connectivity index (χ2n) is 7.45. The molecule has 1 N–H and O–H groups in total. The summed E-state index contributed by atoms with van der Waals surface area (Å²) in [5.41, 5.74) is 5.25. The van der Waals surface area contributed by atoms with E-state index in [4.69, 9.17) is 14.3 Å². The highest BCUT2D eigenvalue weighted by Gasteiger charge is 2.18. The second kappa shape index (κ2) is 8.99. The fourth-order valence-electron chi connectivity index (χ4n) is 3.89. The van der Waals surface area contributed by atoms with Gasteiger partial charge in [-0.1, -0.05) is 36.4 Å². The van der Waals surface area contributed by atoms with Gasteiger partial charge in [-0.3, -0.25) is 4.79 Å². The molecule has 1 aliphatic rings. The van der Waals surface area contributed by atoms with Crippen LogP contribution in [0.1, 0.15) is 41.8 Å². The first-order chi connectivity index (χ1) is 14.6. The third-order valence-electron chi connectivity index (χ3n) is 5.38. The molecule has 30 heavy (non-hydrogen) atoms. The van der Waals surface area contributed by atoms with Gasteiger partial charge in [0.25, 0.3) is 0 Å². The monoisotopic (exact) mass is 403 g/mol. The molecule has 154 valence electrons. The number of aliphatic carboxylic acids is 1. The fourth-order valence-corrected chi connectivity index (χ4v) is 3.89. The van der Waals surface area contributed by atoms with Crippen LogP contribution < -0.4 is 4.74 Å². The van der Waals surface area contributed by atoms with Gasteiger partial charge >= 0.3 is 5.97 Å². The second-order valence-corrected chi connectivity index (χ2v) is 7.45. The lowest BCUT2D eigenvalue weighted by molar-refractivity contribution is -0.135. The Bertz CT molecular complexity index is 1070. The number of fused-ring (bicyclic) bond motifs is 1. The molecule has 1 heterocycles. The van der Waals surface area contributed by atoms with Crippen LogP contribution in [-0.4, -0.2) is 22.7 Å². The van der Waals surface area contributed by atoms with Crippen molar-refractivity contribution in [2.24, 2.45) is 0 Å². The predicted molar refractivity (Wildman–Crippen MR) is 115 cm³/mol. The maximum atomic E-state index is 10.9. The number of aromatic nitrogens is 1. The van der Waals surface area contributed by atoms with Crippen molar-refractivity contribution >= 4 is 11.5 Å². The van der Waals surface area contributed by atoms with Gasteiger partial charge in [0, 0.05) is 17.5 Å². The topological polar surface area (TPSA) is 72.6 Å². The molecular formula is C25H25NO4. The quantitative estimate of drug-likeness (QED) is 0.567. The molecule has 0 atom stereocenters. The van der Waals surface area contributed by atoms with Gasteiger partial charge < -0.3 is 14.3 Å². The molecule has 0 saturated heterocycles. The summed E-state index contributed by atoms with van der Waals surface area (Å²) in [5.74, 6) is 1.51. The number of carboxylic acid groups (broad SMARTS) is 1. The summed E-state index contributed by atoms with van der Waals surface area (Å²) in [7, 11) is 0. The smallest absolute Gasteiger partial charge is 0.307 e. The zero-order chi connectivity index (χ0) is 20.9. The molecular weight excluding hydrogens is 378 g/mol. The van der Waals surface area contributed by atoms with Crippen LogP contribution in [0.4, 0.5) is 0 Å². The van der Waals surface area contributed by atoms with Crippen molar-refractivity contribution in [1.29, 1.82) is 0 Å². The summed E-state index contributed by atoms with van der Waals surface area (Å²) in [6.45, 7) is 2.44. The van der Waals surface area contributed by atoms with Crippen LogP contribution in [0.2, 0.25) is 0 Å². The van der Waals surface area contributed by atoms with Crippen LogP contribution in [0.25, 0.3) is 17.0 Å². The zero-order valence-corrected chi connectivity index (χ0v) is 17.1. The first-order valence-corrected chi connectivity index (χ1v) is 10.3. The van der Waals surface area contributed by atoms with E-state index in [-0.39, 0.29) is 6.42 Å². The third-order valence-corrected chi connectivity index (χ3v) is 5.38. The summed E-state index contributed by atoms with van der Waals surface area (Å²) < 4.78 is 12.0. The van der Waals surface area contributed by atoms with E-state index in [9.17, 15) is 4.79 Å². The van der Waals surface area contributed by atoms with Crippen molar-refractivity contribution in [3.63, 3.8) is 0 Å². The highest BCUT2D eigenvalue weighted by atomic mass is 16.5. The number of hydrogen-bond acceptors (Lipinski definition) is 4. The van der Waals surface area contributed by atoms with Crippen molar-refractivity contribution in [1.82, 2.24) is 4.98 Å². The Labute approximate surface area is 176 Å². The van der Waals surface area contributed by atoms with Crippen molar-refractivity contribution in [2.75, 3.05) is 6.61 Å². The summed E-state index contributed by atoms with van der Waals surface area (Å²) in [6.07, 6.45) is 5.39. The summed E-state index contributed by atoms with van der Waals surface area (Å²) in [5, 5.41) is 8.99. The van der Waals surface area contributed by atoms with E-state index in [1.54, 1.807) is 0 Å². The Morgan fingerprint density at radius 2 is 2.00 bits per heavy atom. The van der Waals surface area contributed by atoms with Gasteiger partial charge in [-0.2, -0.15) is 0 Å². The molecule has 0 unspecified atom stereocenters. The number of hydrogen-bond donors (Lipinski definition) is 1. The summed E-state index contributed by atoms with van der Waals surface area (Å²) in [6, 6.07) is 15.9. The minimum Gasteiger partial charge on any atom is -0.493 e. The van der Waals surface area contributed by atoms with Crippen LogP contribution in [0.3, 0.4) is 0 Å². The van der Waals surface area contributed by atoms with Crippen LogP contribution in [0, 0.1) is 6.92 Å². The van der Waals surface area contributed by atoms with Crippen molar-refractivity contribution < 1.29 is 19.1 Å². The molecule has 0 spiro atoms. The minimum atomic E-state index is -0.806. The van der Waals surface area contributed by atoms with E-state index < -0.39 is 5.97 Å². The van der Waals surface area contributed by atoms with Gasteiger partial charge in [-0.15, -0.1) is 0 Å². The predicted octanol–water partition coefficient (Wildman–Crippen LogP) is 5.47. The van der Waals surface area contributed by atoms with Crippen molar-refractivity contribution in [2.45, 2.75) is 39.0 Å². The van der Waals surface area contributed by atoms with E-state index in [1.807, 2.05) is 55.5 Å². The lowest BCUT2D eigenvalue weighted by atomic mass is 9.86. The lowest BCUT2D eigenvalue weighted by Gasteiger charge is -2.22. The lowest BCUT2D eigenvalue weighted by Crippen LogP contribution is -2.09. The van der Waals surface area contributed by atoms with E-state index >= 15 is 0 Å². The van der Waals surface area contributed by atoms with Crippen molar-refractivity contribution in [3.8, 4) is 17.2 Å². The number of rotatable bonds is 7. The molecule has 0 aliphatic heterocycles. The van der Waals surface area contributed by atoms with E-state index in [1.165, 1.54) is 5.56 Å².